The molecule has 14 heavy (non-hydrogen) atoms. The molecule has 3 nitrogen and oxygen atoms in total. The molecule has 0 aliphatic carbocycles. The van der Waals surface area contributed by atoms with E-state index in [2.05, 4.69) is 20.2 Å². The Balaban J connectivity index is 0. The highest BCUT2D eigenvalue weighted by molar-refractivity contribution is 4.66. The van der Waals surface area contributed by atoms with E-state index < -0.39 is 0 Å². The van der Waals surface area contributed by atoms with Crippen LogP contribution in [-0.2, 0) is 0 Å². The molecule has 0 spiro atoms. The topological polar surface area (TPSA) is 44.0 Å². The van der Waals surface area contributed by atoms with Gasteiger partial charge in [-0.15, -0.1) is 0 Å². The Morgan fingerprint density at radius 1 is 1.14 bits per heavy atom. The molecule has 0 rings (SSSR count). The first-order chi connectivity index (χ1) is 6.12. The number of quaternary nitrogens is 1. The lowest BCUT2D eigenvalue weighted by Crippen LogP contribution is -3.00. The van der Waals surface area contributed by atoms with E-state index in [1.54, 1.807) is 0 Å². The average Bonchev–Trinajstić information content (AvgIpc) is 2.04. The van der Waals surface area contributed by atoms with Crippen LogP contribution in [0, 0.1) is 11.3 Å². The third-order valence-electron chi connectivity index (χ3n) is 2.17. The van der Waals surface area contributed by atoms with Gasteiger partial charge in [-0.3, -0.25) is 0 Å². The van der Waals surface area contributed by atoms with Crippen molar-refractivity contribution in [2.24, 2.45) is 0 Å². The molecule has 0 heterocycles. The molecule has 0 saturated carbocycles. The van der Waals surface area contributed by atoms with Crippen molar-refractivity contribution in [1.29, 1.82) is 5.26 Å². The van der Waals surface area contributed by atoms with Crippen LogP contribution in [0.4, 0.5) is 0 Å². The highest BCUT2D eigenvalue weighted by Gasteiger charge is 2.12. The maximum Gasteiger partial charge on any atom is 0.166 e. The van der Waals surface area contributed by atoms with Crippen LogP contribution in [0.15, 0.2) is 0 Å². The zero-order valence-corrected chi connectivity index (χ0v) is 9.93. The Kier molecular flexibility index (Phi) is 10.7. The number of nitrogens with zero attached hydrogens (tertiary/aromatic N) is 2. The molecule has 0 aromatic carbocycles. The van der Waals surface area contributed by atoms with Crippen LogP contribution in [0.5, 0.6) is 0 Å². The van der Waals surface area contributed by atoms with Gasteiger partial charge in [-0.2, -0.15) is 5.26 Å². The minimum Gasteiger partial charge on any atom is -1.00 e. The van der Waals surface area contributed by atoms with Gasteiger partial charge in [-0.25, -0.2) is 0 Å². The zero-order chi connectivity index (χ0) is 10.2. The number of rotatable bonds is 7. The van der Waals surface area contributed by atoms with E-state index in [0.29, 0.717) is 13.2 Å². The van der Waals surface area contributed by atoms with Crippen molar-refractivity contribution in [1.82, 2.24) is 0 Å². The molecule has 0 aliphatic rings. The molecule has 84 valence electrons. The third kappa shape index (κ3) is 9.79. The quantitative estimate of drug-likeness (QED) is 0.311. The second-order valence-electron chi connectivity index (χ2n) is 4.11. The van der Waals surface area contributed by atoms with Gasteiger partial charge in [0.1, 0.15) is 6.07 Å². The summed E-state index contributed by atoms with van der Waals surface area (Å²) in [6.07, 6.45) is 4.32. The molecule has 0 aromatic heterocycles. The van der Waals surface area contributed by atoms with Crippen molar-refractivity contribution in [3.8, 4) is 6.07 Å². The first kappa shape index (κ1) is 16.1. The molecule has 0 aromatic rings. The Bertz CT molecular complexity index is 166. The number of hydrogen-bond donors (Lipinski definition) is 1. The van der Waals surface area contributed by atoms with Crippen molar-refractivity contribution < 1.29 is 22.0 Å². The van der Waals surface area contributed by atoms with E-state index >= 15 is 0 Å². The highest BCUT2D eigenvalue weighted by Crippen LogP contribution is 2.04. The summed E-state index contributed by atoms with van der Waals surface area (Å²) in [5.41, 5.74) is 0. The summed E-state index contributed by atoms with van der Waals surface area (Å²) in [6, 6.07) is 2.19. The number of unbranched alkanes of at least 4 members (excludes halogenated alkanes) is 3. The van der Waals surface area contributed by atoms with Gasteiger partial charge in [0.25, 0.3) is 0 Å². The fraction of sp³-hybridized carbons (Fsp3) is 0.900. The van der Waals surface area contributed by atoms with E-state index in [1.807, 2.05) is 0 Å². The van der Waals surface area contributed by atoms with Gasteiger partial charge in [-0.1, -0.05) is 6.42 Å². The van der Waals surface area contributed by atoms with E-state index in [9.17, 15) is 0 Å². The van der Waals surface area contributed by atoms with E-state index in [4.69, 9.17) is 10.4 Å². The maximum absolute atomic E-state index is 8.56. The van der Waals surface area contributed by atoms with Crippen molar-refractivity contribution in [2.45, 2.75) is 25.7 Å². The minimum absolute atomic E-state index is 0. The fourth-order valence-corrected chi connectivity index (χ4v) is 1.28. The van der Waals surface area contributed by atoms with Crippen molar-refractivity contribution in [3.63, 3.8) is 0 Å². The van der Waals surface area contributed by atoms with Crippen LogP contribution < -0.4 is 12.4 Å². The number of hydrogen-bond acceptors (Lipinski definition) is 2. The molecule has 1 N–H and O–H groups in total. The first-order valence-corrected chi connectivity index (χ1v) is 4.92. The first-order valence-electron chi connectivity index (χ1n) is 4.92. The molecular formula is C10H21ClN2O. The average molecular weight is 221 g/mol. The number of nitriles is 1. The molecule has 4 heteroatoms. The smallest absolute Gasteiger partial charge is 0.166 e. The van der Waals surface area contributed by atoms with Gasteiger partial charge in [0.05, 0.1) is 20.6 Å². The fourth-order valence-electron chi connectivity index (χ4n) is 1.28. The molecule has 0 amide bonds. The molecule has 0 fully saturated rings. The Labute approximate surface area is 93.3 Å². The third-order valence-corrected chi connectivity index (χ3v) is 2.17. The Morgan fingerprint density at radius 2 is 1.71 bits per heavy atom. The zero-order valence-electron chi connectivity index (χ0n) is 9.17. The van der Waals surface area contributed by atoms with Crippen LogP contribution in [0.2, 0.25) is 0 Å². The van der Waals surface area contributed by atoms with Crippen LogP contribution in [0.1, 0.15) is 25.7 Å². The number of halogens is 1. The molecule has 0 radical (unpaired) electrons. The second-order valence-corrected chi connectivity index (χ2v) is 4.11. The van der Waals surface area contributed by atoms with Gasteiger partial charge in [0.2, 0.25) is 0 Å². The largest absolute Gasteiger partial charge is 1.00 e. The lowest BCUT2D eigenvalue weighted by Gasteiger charge is -2.26. The molecule has 0 saturated heterocycles. The number of aliphatic hydroxyl groups excluding tert-OH is 1. The predicted molar refractivity (Wildman–Crippen MR) is 53.0 cm³/mol. The van der Waals surface area contributed by atoms with Crippen LogP contribution in [-0.4, -0.2) is 43.4 Å². The summed E-state index contributed by atoms with van der Waals surface area (Å²) in [6.45, 7) is 1.94. The molecule has 0 atom stereocenters. The lowest BCUT2D eigenvalue weighted by atomic mass is 10.2. The summed E-state index contributed by atoms with van der Waals surface area (Å²) in [4.78, 5) is 0. The van der Waals surface area contributed by atoms with E-state index in [0.717, 1.165) is 36.7 Å². The normalized spacial score (nSPS) is 10.4. The van der Waals surface area contributed by atoms with Crippen molar-refractivity contribution >= 4 is 0 Å². The summed E-state index contributed by atoms with van der Waals surface area (Å²) in [5.74, 6) is 0. The Morgan fingerprint density at radius 3 is 2.21 bits per heavy atom. The van der Waals surface area contributed by atoms with Crippen LogP contribution >= 0.6 is 0 Å². The SMILES string of the molecule is C[N+](C)(CC#N)CCCCCCO.[Cl-]. The van der Waals surface area contributed by atoms with Crippen molar-refractivity contribution in [2.75, 3.05) is 33.8 Å². The molecule has 0 bridgehead atoms. The van der Waals surface area contributed by atoms with Gasteiger partial charge in [0.15, 0.2) is 6.54 Å². The minimum atomic E-state index is 0. The predicted octanol–water partition coefficient (Wildman–Crippen LogP) is -1.86. The van der Waals surface area contributed by atoms with Gasteiger partial charge in [0, 0.05) is 6.61 Å². The molecule has 0 unspecified atom stereocenters. The van der Waals surface area contributed by atoms with Gasteiger partial charge in [-0.05, 0) is 19.3 Å². The summed E-state index contributed by atoms with van der Waals surface area (Å²) in [5, 5.41) is 17.1. The van der Waals surface area contributed by atoms with Gasteiger partial charge < -0.3 is 22.0 Å². The summed E-state index contributed by atoms with van der Waals surface area (Å²) in [7, 11) is 4.16. The second kappa shape index (κ2) is 9.26. The Hall–Kier alpha value is -0.300. The number of aliphatic hydroxyl groups is 1. The monoisotopic (exact) mass is 220 g/mol. The molecule has 0 aliphatic heterocycles. The van der Waals surface area contributed by atoms with Crippen molar-refractivity contribution in [3.05, 3.63) is 0 Å². The van der Waals surface area contributed by atoms with Crippen LogP contribution in [0.3, 0.4) is 0 Å². The lowest BCUT2D eigenvalue weighted by molar-refractivity contribution is -0.883. The summed E-state index contributed by atoms with van der Waals surface area (Å²) < 4.78 is 0.787. The van der Waals surface area contributed by atoms with Gasteiger partial charge >= 0.3 is 0 Å². The van der Waals surface area contributed by atoms with Crippen LogP contribution in [0.25, 0.3) is 0 Å². The highest BCUT2D eigenvalue weighted by atomic mass is 35.5. The maximum atomic E-state index is 8.56. The molecular weight excluding hydrogens is 200 g/mol. The van der Waals surface area contributed by atoms with E-state index in [1.165, 1.54) is 0 Å². The van der Waals surface area contributed by atoms with E-state index in [-0.39, 0.29) is 12.4 Å². The summed E-state index contributed by atoms with van der Waals surface area (Å²) >= 11 is 0. The standard InChI is InChI=1S/C10H21N2O.ClH/c1-12(2,9-7-11)8-5-3-4-6-10-13;/h13H,3-6,8-10H2,1-2H3;1H/q+1;/p-1.